The number of alkyl carbamates (subject to hydrolysis) is 1. The molecule has 0 saturated carbocycles. The van der Waals surface area contributed by atoms with Crippen LogP contribution in [0.2, 0.25) is 0 Å². The number of hydrogen-bond donors (Lipinski definition) is 2. The van der Waals surface area contributed by atoms with Gasteiger partial charge in [-0.15, -0.1) is 0 Å². The zero-order valence-electron chi connectivity index (χ0n) is 20.6. The maximum atomic E-state index is 14.0. The van der Waals surface area contributed by atoms with E-state index in [-0.39, 0.29) is 48.0 Å². The second kappa shape index (κ2) is 11.3. The molecule has 1 aliphatic heterocycles. The zero-order chi connectivity index (χ0) is 25.7. The van der Waals surface area contributed by atoms with Crippen molar-refractivity contribution in [3.63, 3.8) is 0 Å². The summed E-state index contributed by atoms with van der Waals surface area (Å²) >= 11 is 0. The van der Waals surface area contributed by atoms with Crippen LogP contribution in [0, 0.1) is 0 Å². The van der Waals surface area contributed by atoms with Gasteiger partial charge in [-0.25, -0.2) is 9.59 Å². The molecule has 192 valence electrons. The number of carbonyl (C=O) groups is 2. The molecular formula is C24H36F3N3O4. The number of esters is 1. The molecule has 1 saturated heterocycles. The van der Waals surface area contributed by atoms with Gasteiger partial charge in [0.2, 0.25) is 0 Å². The quantitative estimate of drug-likeness (QED) is 0.400. The molecule has 0 radical (unpaired) electrons. The first-order valence-corrected chi connectivity index (χ1v) is 11.7. The molecule has 0 aliphatic carbocycles. The molecule has 1 heterocycles. The van der Waals surface area contributed by atoms with Gasteiger partial charge in [-0.2, -0.15) is 13.2 Å². The molecular weight excluding hydrogens is 451 g/mol. The zero-order valence-corrected chi connectivity index (χ0v) is 20.6. The van der Waals surface area contributed by atoms with Crippen molar-refractivity contribution in [1.29, 1.82) is 0 Å². The molecule has 1 atom stereocenters. The van der Waals surface area contributed by atoms with Crippen molar-refractivity contribution < 1.29 is 32.2 Å². The molecule has 2 rings (SSSR count). The van der Waals surface area contributed by atoms with Crippen LogP contribution in [0.15, 0.2) is 6.07 Å². The van der Waals surface area contributed by atoms with Crippen LogP contribution in [0.25, 0.3) is 0 Å². The highest BCUT2D eigenvalue weighted by atomic mass is 19.4. The number of anilines is 1. The van der Waals surface area contributed by atoms with Crippen molar-refractivity contribution in [2.75, 3.05) is 25.4 Å². The smallest absolute Gasteiger partial charge is 0.416 e. The second-order valence-electron chi connectivity index (χ2n) is 9.14. The summed E-state index contributed by atoms with van der Waals surface area (Å²) in [6, 6.07) is 0.551. The van der Waals surface area contributed by atoms with E-state index in [1.807, 2.05) is 25.7 Å². The van der Waals surface area contributed by atoms with E-state index < -0.39 is 29.4 Å². The molecule has 1 aliphatic rings. The molecule has 3 N–H and O–H groups in total. The number of ether oxygens (including phenoxy) is 2. The van der Waals surface area contributed by atoms with Gasteiger partial charge >= 0.3 is 18.2 Å². The molecule has 1 amide bonds. The summed E-state index contributed by atoms with van der Waals surface area (Å²) in [5, 5.41) is 2.84. The van der Waals surface area contributed by atoms with E-state index in [1.54, 1.807) is 13.8 Å². The number of hydrogen-bond acceptors (Lipinski definition) is 6. The molecule has 34 heavy (non-hydrogen) atoms. The van der Waals surface area contributed by atoms with Crippen LogP contribution in [-0.4, -0.2) is 48.3 Å². The number of carbonyl (C=O) groups excluding carboxylic acids is 2. The molecule has 1 aromatic rings. The van der Waals surface area contributed by atoms with Gasteiger partial charge in [0.25, 0.3) is 0 Å². The third kappa shape index (κ3) is 7.01. The summed E-state index contributed by atoms with van der Waals surface area (Å²) in [4.78, 5) is 26.4. The fraction of sp³-hybridized carbons (Fsp3) is 0.667. The number of alkyl halides is 3. The Hall–Kier alpha value is -2.49. The Balaban J connectivity index is 2.30. The van der Waals surface area contributed by atoms with Gasteiger partial charge in [0, 0.05) is 24.8 Å². The first kappa shape index (κ1) is 27.8. The van der Waals surface area contributed by atoms with E-state index >= 15 is 0 Å². The van der Waals surface area contributed by atoms with Gasteiger partial charge in [-0.3, -0.25) is 4.90 Å². The minimum absolute atomic E-state index is 0.000989. The maximum absolute atomic E-state index is 14.0. The fourth-order valence-corrected chi connectivity index (χ4v) is 4.07. The highest BCUT2D eigenvalue weighted by molar-refractivity contribution is 5.96. The number of likely N-dealkylation sites (tertiary alicyclic amines) is 1. The average Bonchev–Trinajstić information content (AvgIpc) is 2.73. The highest BCUT2D eigenvalue weighted by Crippen LogP contribution is 2.38. The Kier molecular flexibility index (Phi) is 9.22. The first-order valence-electron chi connectivity index (χ1n) is 11.7. The summed E-state index contributed by atoms with van der Waals surface area (Å²) in [5.74, 6) is -0.873. The molecule has 1 fully saturated rings. The molecule has 0 bridgehead atoms. The van der Waals surface area contributed by atoms with Gasteiger partial charge in [-0.05, 0) is 70.2 Å². The lowest BCUT2D eigenvalue weighted by Gasteiger charge is -2.35. The Morgan fingerprint density at radius 3 is 2.44 bits per heavy atom. The van der Waals surface area contributed by atoms with E-state index in [4.69, 9.17) is 15.2 Å². The van der Waals surface area contributed by atoms with Crippen LogP contribution < -0.4 is 11.1 Å². The third-order valence-electron chi connectivity index (χ3n) is 6.18. The lowest BCUT2D eigenvalue weighted by Crippen LogP contribution is -2.49. The number of nitrogens with two attached hydrogens (primary N) is 1. The summed E-state index contributed by atoms with van der Waals surface area (Å²) in [7, 11) is 0. The van der Waals surface area contributed by atoms with Crippen LogP contribution in [0.3, 0.4) is 0 Å². The van der Waals surface area contributed by atoms with Crippen LogP contribution in [0.5, 0.6) is 0 Å². The fourth-order valence-electron chi connectivity index (χ4n) is 4.07. The van der Waals surface area contributed by atoms with Gasteiger partial charge in [-0.1, -0.05) is 13.8 Å². The van der Waals surface area contributed by atoms with E-state index in [2.05, 4.69) is 5.32 Å². The van der Waals surface area contributed by atoms with Gasteiger partial charge < -0.3 is 20.5 Å². The number of nitrogen functional groups attached to an aromatic ring is 1. The van der Waals surface area contributed by atoms with Crippen molar-refractivity contribution in [2.45, 2.75) is 84.7 Å². The second-order valence-corrected chi connectivity index (χ2v) is 9.14. The lowest BCUT2D eigenvalue weighted by molar-refractivity contribution is -0.138. The number of benzene rings is 1. The Bertz CT molecular complexity index is 887. The Morgan fingerprint density at radius 1 is 1.21 bits per heavy atom. The highest BCUT2D eigenvalue weighted by Gasteiger charge is 2.37. The van der Waals surface area contributed by atoms with Crippen molar-refractivity contribution >= 4 is 17.7 Å². The third-order valence-corrected chi connectivity index (χ3v) is 6.18. The number of piperidine rings is 1. The average molecular weight is 488 g/mol. The van der Waals surface area contributed by atoms with Crippen molar-refractivity contribution in [1.82, 2.24) is 10.2 Å². The lowest BCUT2D eigenvalue weighted by atomic mass is 9.92. The number of nitrogens with one attached hydrogen (secondary N) is 1. The summed E-state index contributed by atoms with van der Waals surface area (Å²) < 4.78 is 52.5. The van der Waals surface area contributed by atoms with Crippen LogP contribution >= 0.6 is 0 Å². The van der Waals surface area contributed by atoms with E-state index in [0.717, 1.165) is 6.07 Å². The van der Waals surface area contributed by atoms with Crippen LogP contribution in [0.1, 0.15) is 80.9 Å². The number of nitrogens with zero attached hydrogens (tertiary/aromatic N) is 1. The normalized spacial score (nSPS) is 17.4. The van der Waals surface area contributed by atoms with Gasteiger partial charge in [0.1, 0.15) is 5.60 Å². The Labute approximate surface area is 199 Å². The maximum Gasteiger partial charge on any atom is 0.416 e. The summed E-state index contributed by atoms with van der Waals surface area (Å²) in [6.07, 6.45) is -2.91. The largest absolute Gasteiger partial charge is 0.462 e. The van der Waals surface area contributed by atoms with Crippen LogP contribution in [0.4, 0.5) is 23.7 Å². The van der Waals surface area contributed by atoms with Crippen molar-refractivity contribution in [3.05, 3.63) is 28.3 Å². The van der Waals surface area contributed by atoms with E-state index in [9.17, 15) is 22.8 Å². The number of halogens is 3. The summed E-state index contributed by atoms with van der Waals surface area (Å²) in [5.41, 5.74) is 4.74. The molecule has 0 aromatic heterocycles. The molecule has 0 spiro atoms. The minimum Gasteiger partial charge on any atom is -0.462 e. The number of amides is 1. The van der Waals surface area contributed by atoms with Crippen molar-refractivity contribution in [2.24, 2.45) is 0 Å². The topological polar surface area (TPSA) is 93.9 Å². The molecule has 10 heteroatoms. The van der Waals surface area contributed by atoms with Gasteiger partial charge in [0.15, 0.2) is 0 Å². The molecule has 0 unspecified atom stereocenters. The predicted octanol–water partition coefficient (Wildman–Crippen LogP) is 4.91. The SMILES string of the molecule is CCOC(=O)c1cc(C(F)(F)F)c(CN2CCC[C@H](NC(=O)OC(C)(C)CC)C2)c(CC)c1N. The Morgan fingerprint density at radius 2 is 1.88 bits per heavy atom. The number of rotatable bonds is 8. The van der Waals surface area contributed by atoms with E-state index in [0.29, 0.717) is 32.4 Å². The molecule has 1 aromatic carbocycles. The van der Waals surface area contributed by atoms with E-state index in [1.165, 1.54) is 0 Å². The van der Waals surface area contributed by atoms with Gasteiger partial charge in [0.05, 0.1) is 17.7 Å². The van der Waals surface area contributed by atoms with Crippen LogP contribution in [-0.2, 0) is 28.6 Å². The first-order chi connectivity index (χ1) is 15.8. The monoisotopic (exact) mass is 487 g/mol. The molecule has 7 nitrogen and oxygen atoms in total. The minimum atomic E-state index is -4.67. The standard InChI is InChI=1S/C24H36F3N3O4/c1-6-16-18(19(24(25,26)27)12-17(20(16)28)21(31)33-8-3)14-30-11-9-10-15(13-30)29-22(32)34-23(4,5)7-2/h12,15H,6-11,13-14,28H2,1-5H3,(H,29,32)/t15-/m0/s1. The van der Waals surface area contributed by atoms with Crippen molar-refractivity contribution in [3.8, 4) is 0 Å². The predicted molar refractivity (Wildman–Crippen MR) is 123 cm³/mol. The summed E-state index contributed by atoms with van der Waals surface area (Å²) in [6.45, 7) is 9.81.